The lowest BCUT2D eigenvalue weighted by atomic mass is 10.2. The van der Waals surface area contributed by atoms with Gasteiger partial charge in [0.15, 0.2) is 0 Å². The maximum Gasteiger partial charge on any atom is 0.353 e. The smallest absolute Gasteiger partial charge is 0.353 e. The molecule has 0 amide bonds. The number of nitro groups is 1. The van der Waals surface area contributed by atoms with Crippen molar-refractivity contribution in [3.63, 3.8) is 0 Å². The molecule has 7 nitrogen and oxygen atoms in total. The summed E-state index contributed by atoms with van der Waals surface area (Å²) in [6, 6.07) is 9.85. The first-order chi connectivity index (χ1) is 11.0. The van der Waals surface area contributed by atoms with Gasteiger partial charge in [0.1, 0.15) is 6.33 Å². The Morgan fingerprint density at radius 2 is 2.00 bits per heavy atom. The second kappa shape index (κ2) is 7.53. The van der Waals surface area contributed by atoms with Crippen molar-refractivity contribution >= 4 is 17.3 Å². The van der Waals surface area contributed by atoms with Gasteiger partial charge in [-0.15, -0.1) is 0 Å². The number of nitrogens with zero attached hydrogens (tertiary/aromatic N) is 4. The Kier molecular flexibility index (Phi) is 5.46. The molecule has 1 aromatic carbocycles. The maximum absolute atomic E-state index is 11.5. The standard InChI is InChI=1S/C16H21N5O2/c1-4-12(2)19-15-14(21(22)23)16(18-11-17-15)20(3)10-13-8-6-5-7-9-13/h5-9,11-12H,4,10H2,1-3H3,(H,17,18,19). The van der Waals surface area contributed by atoms with E-state index in [0.717, 1.165) is 12.0 Å². The minimum absolute atomic E-state index is 0.0915. The van der Waals surface area contributed by atoms with Crippen molar-refractivity contribution in [2.45, 2.75) is 32.9 Å². The molecule has 2 aromatic rings. The molecule has 23 heavy (non-hydrogen) atoms. The van der Waals surface area contributed by atoms with Crippen LogP contribution in [0, 0.1) is 10.1 Å². The van der Waals surface area contributed by atoms with Crippen molar-refractivity contribution in [2.75, 3.05) is 17.3 Å². The van der Waals surface area contributed by atoms with Crippen LogP contribution >= 0.6 is 0 Å². The van der Waals surface area contributed by atoms with Crippen molar-refractivity contribution in [1.82, 2.24) is 9.97 Å². The summed E-state index contributed by atoms with van der Waals surface area (Å²) in [6.45, 7) is 4.49. The summed E-state index contributed by atoms with van der Waals surface area (Å²) in [5.41, 5.74) is 0.963. The van der Waals surface area contributed by atoms with E-state index in [1.165, 1.54) is 6.33 Å². The monoisotopic (exact) mass is 315 g/mol. The third kappa shape index (κ3) is 4.15. The Bertz CT molecular complexity index is 663. The topological polar surface area (TPSA) is 84.2 Å². The van der Waals surface area contributed by atoms with Crippen molar-refractivity contribution in [1.29, 1.82) is 0 Å². The average molecular weight is 315 g/mol. The van der Waals surface area contributed by atoms with Crippen LogP contribution in [0.25, 0.3) is 0 Å². The number of hydrogen-bond acceptors (Lipinski definition) is 6. The van der Waals surface area contributed by atoms with E-state index in [4.69, 9.17) is 0 Å². The fraction of sp³-hybridized carbons (Fsp3) is 0.375. The van der Waals surface area contributed by atoms with Gasteiger partial charge in [-0.25, -0.2) is 9.97 Å². The van der Waals surface area contributed by atoms with Gasteiger partial charge >= 0.3 is 5.69 Å². The minimum atomic E-state index is -0.429. The molecule has 1 unspecified atom stereocenters. The molecular formula is C16H21N5O2. The quantitative estimate of drug-likeness (QED) is 0.624. The van der Waals surface area contributed by atoms with Gasteiger partial charge in [0.05, 0.1) is 4.92 Å². The third-order valence-electron chi connectivity index (χ3n) is 3.61. The molecule has 0 saturated heterocycles. The zero-order valence-electron chi connectivity index (χ0n) is 13.6. The largest absolute Gasteiger partial charge is 0.362 e. The highest BCUT2D eigenvalue weighted by Crippen LogP contribution is 2.32. The number of anilines is 2. The Morgan fingerprint density at radius 1 is 1.30 bits per heavy atom. The van der Waals surface area contributed by atoms with Crippen LogP contribution in [0.1, 0.15) is 25.8 Å². The molecule has 2 rings (SSSR count). The van der Waals surface area contributed by atoms with Crippen molar-refractivity contribution in [3.8, 4) is 0 Å². The van der Waals surface area contributed by atoms with Gasteiger partial charge in [-0.05, 0) is 18.9 Å². The number of rotatable bonds is 7. The Morgan fingerprint density at radius 3 is 2.61 bits per heavy atom. The molecule has 0 saturated carbocycles. The first-order valence-corrected chi connectivity index (χ1v) is 7.54. The van der Waals surface area contributed by atoms with Gasteiger partial charge in [-0.2, -0.15) is 0 Å². The van der Waals surface area contributed by atoms with Crippen LogP contribution in [0.2, 0.25) is 0 Å². The Hall–Kier alpha value is -2.70. The van der Waals surface area contributed by atoms with Crippen LogP contribution in [0.5, 0.6) is 0 Å². The fourth-order valence-electron chi connectivity index (χ4n) is 2.19. The number of benzene rings is 1. The number of nitrogens with one attached hydrogen (secondary N) is 1. The van der Waals surface area contributed by atoms with E-state index < -0.39 is 4.92 Å². The van der Waals surface area contributed by atoms with Crippen molar-refractivity contribution in [2.24, 2.45) is 0 Å². The van der Waals surface area contributed by atoms with Crippen molar-refractivity contribution in [3.05, 3.63) is 52.3 Å². The molecule has 1 N–H and O–H groups in total. The first-order valence-electron chi connectivity index (χ1n) is 7.54. The first kappa shape index (κ1) is 16.7. The molecule has 7 heteroatoms. The molecule has 1 atom stereocenters. The van der Waals surface area contributed by atoms with Gasteiger partial charge < -0.3 is 10.2 Å². The van der Waals surface area contributed by atoms with Crippen molar-refractivity contribution < 1.29 is 4.92 Å². The highest BCUT2D eigenvalue weighted by Gasteiger charge is 2.26. The highest BCUT2D eigenvalue weighted by molar-refractivity contribution is 5.70. The SMILES string of the molecule is CCC(C)Nc1ncnc(N(C)Cc2ccccc2)c1[N+](=O)[O-]. The van der Waals surface area contributed by atoms with Gasteiger partial charge in [-0.1, -0.05) is 37.3 Å². The fourth-order valence-corrected chi connectivity index (χ4v) is 2.19. The van der Waals surface area contributed by atoms with E-state index in [0.29, 0.717) is 12.4 Å². The number of hydrogen-bond donors (Lipinski definition) is 1. The predicted octanol–water partition coefficient (Wildman–Crippen LogP) is 3.23. The summed E-state index contributed by atoms with van der Waals surface area (Å²) in [6.07, 6.45) is 2.20. The highest BCUT2D eigenvalue weighted by atomic mass is 16.6. The van der Waals surface area contributed by atoms with E-state index in [9.17, 15) is 10.1 Å². The molecule has 0 fully saturated rings. The summed E-state index contributed by atoms with van der Waals surface area (Å²) in [5.74, 6) is 0.564. The molecule has 0 bridgehead atoms. The second-order valence-electron chi connectivity index (χ2n) is 5.45. The lowest BCUT2D eigenvalue weighted by molar-refractivity contribution is -0.383. The van der Waals surface area contributed by atoms with E-state index >= 15 is 0 Å². The molecule has 0 aliphatic heterocycles. The normalized spacial score (nSPS) is 11.8. The average Bonchev–Trinajstić information content (AvgIpc) is 2.55. The van der Waals surface area contributed by atoms with Crippen LogP contribution in [0.3, 0.4) is 0 Å². The van der Waals surface area contributed by atoms with Crippen LogP contribution in [-0.2, 0) is 6.54 Å². The van der Waals surface area contributed by atoms with E-state index in [1.54, 1.807) is 11.9 Å². The molecule has 0 radical (unpaired) electrons. The minimum Gasteiger partial charge on any atom is -0.362 e. The van der Waals surface area contributed by atoms with E-state index in [-0.39, 0.29) is 17.5 Å². The van der Waals surface area contributed by atoms with Crippen LogP contribution in [0.4, 0.5) is 17.3 Å². The molecule has 122 valence electrons. The van der Waals surface area contributed by atoms with Gasteiger partial charge in [0.2, 0.25) is 11.6 Å². The van der Waals surface area contributed by atoms with Gasteiger partial charge in [-0.3, -0.25) is 10.1 Å². The third-order valence-corrected chi connectivity index (χ3v) is 3.61. The van der Waals surface area contributed by atoms with Crippen LogP contribution < -0.4 is 10.2 Å². The molecule has 0 spiro atoms. The molecule has 1 heterocycles. The molecule has 0 aliphatic rings. The molecular weight excluding hydrogens is 294 g/mol. The molecule has 0 aliphatic carbocycles. The number of aromatic nitrogens is 2. The van der Waals surface area contributed by atoms with Gasteiger partial charge in [0.25, 0.3) is 0 Å². The van der Waals surface area contributed by atoms with Crippen LogP contribution in [0.15, 0.2) is 36.7 Å². The summed E-state index contributed by atoms with van der Waals surface area (Å²) in [5, 5.41) is 14.6. The predicted molar refractivity (Wildman–Crippen MR) is 90.6 cm³/mol. The summed E-state index contributed by atoms with van der Waals surface area (Å²) < 4.78 is 0. The summed E-state index contributed by atoms with van der Waals surface area (Å²) in [4.78, 5) is 21.0. The van der Waals surface area contributed by atoms with Gasteiger partial charge in [0, 0.05) is 19.6 Å². The van der Waals surface area contributed by atoms with E-state index in [1.807, 2.05) is 44.2 Å². The summed E-state index contributed by atoms with van der Waals surface area (Å²) >= 11 is 0. The Balaban J connectivity index is 2.33. The van der Waals surface area contributed by atoms with E-state index in [2.05, 4.69) is 15.3 Å². The lowest BCUT2D eigenvalue weighted by Crippen LogP contribution is -2.22. The zero-order valence-corrected chi connectivity index (χ0v) is 13.6. The zero-order chi connectivity index (χ0) is 16.8. The Labute approximate surface area is 135 Å². The molecule has 1 aromatic heterocycles. The second-order valence-corrected chi connectivity index (χ2v) is 5.45. The lowest BCUT2D eigenvalue weighted by Gasteiger charge is -2.19. The van der Waals surface area contributed by atoms with Crippen LogP contribution in [-0.4, -0.2) is 28.0 Å². The maximum atomic E-state index is 11.5. The summed E-state index contributed by atoms with van der Waals surface area (Å²) in [7, 11) is 1.79.